The van der Waals surface area contributed by atoms with Crippen LogP contribution in [0.3, 0.4) is 0 Å². The molecule has 0 spiro atoms. The van der Waals surface area contributed by atoms with Crippen molar-refractivity contribution in [1.82, 2.24) is 4.31 Å². The predicted octanol–water partition coefficient (Wildman–Crippen LogP) is 3.96. The minimum absolute atomic E-state index is 0.0319. The van der Waals surface area contributed by atoms with E-state index < -0.39 is 10.0 Å². The third-order valence-electron chi connectivity index (χ3n) is 5.41. The van der Waals surface area contributed by atoms with Crippen LogP contribution in [0, 0.1) is 33.6 Å². The molecule has 1 aliphatic heterocycles. The molecule has 28 heavy (non-hydrogen) atoms. The standard InChI is InChI=1S/C22H28N2O3S/c1-15-5-7-20(17(3)13-15)23-22(25)19-9-11-24(12-10-19)28(26,27)21-8-6-16(2)14-18(21)4/h5-8,13-14,19H,9-12H2,1-4H3,(H,23,25). The second kappa shape index (κ2) is 8.05. The van der Waals surface area contributed by atoms with Crippen LogP contribution in [0.15, 0.2) is 41.3 Å². The van der Waals surface area contributed by atoms with Crippen molar-refractivity contribution in [2.24, 2.45) is 5.92 Å². The Bertz CT molecular complexity index is 991. The van der Waals surface area contributed by atoms with Gasteiger partial charge >= 0.3 is 0 Å². The lowest BCUT2D eigenvalue weighted by Crippen LogP contribution is -2.41. The number of carbonyl (C=O) groups is 1. The second-order valence-electron chi connectivity index (χ2n) is 7.75. The van der Waals surface area contributed by atoms with E-state index in [0.29, 0.717) is 30.8 Å². The fourth-order valence-corrected chi connectivity index (χ4v) is 5.45. The summed E-state index contributed by atoms with van der Waals surface area (Å²) in [4.78, 5) is 13.0. The number of anilines is 1. The Morgan fingerprint density at radius 3 is 2.07 bits per heavy atom. The molecule has 2 aromatic carbocycles. The Hall–Kier alpha value is -2.18. The largest absolute Gasteiger partial charge is 0.326 e. The summed E-state index contributed by atoms with van der Waals surface area (Å²) in [5.41, 5.74) is 4.80. The fourth-order valence-electron chi connectivity index (χ4n) is 3.77. The molecule has 150 valence electrons. The van der Waals surface area contributed by atoms with Crippen molar-refractivity contribution < 1.29 is 13.2 Å². The van der Waals surface area contributed by atoms with Crippen molar-refractivity contribution in [3.63, 3.8) is 0 Å². The van der Waals surface area contributed by atoms with Gasteiger partial charge in [0.1, 0.15) is 0 Å². The summed E-state index contributed by atoms with van der Waals surface area (Å²) >= 11 is 0. The summed E-state index contributed by atoms with van der Waals surface area (Å²) in [6.07, 6.45) is 1.06. The van der Waals surface area contributed by atoms with E-state index in [1.54, 1.807) is 6.07 Å². The van der Waals surface area contributed by atoms with Crippen molar-refractivity contribution in [3.05, 3.63) is 58.7 Å². The lowest BCUT2D eigenvalue weighted by molar-refractivity contribution is -0.120. The zero-order chi connectivity index (χ0) is 20.5. The van der Waals surface area contributed by atoms with Crippen LogP contribution >= 0.6 is 0 Å². The molecule has 1 heterocycles. The van der Waals surface area contributed by atoms with Crippen LogP contribution in [0.1, 0.15) is 35.1 Å². The highest BCUT2D eigenvalue weighted by Gasteiger charge is 2.32. The van der Waals surface area contributed by atoms with Gasteiger partial charge in [-0.1, -0.05) is 35.4 Å². The molecule has 5 nitrogen and oxygen atoms in total. The van der Waals surface area contributed by atoms with Crippen molar-refractivity contribution in [3.8, 4) is 0 Å². The van der Waals surface area contributed by atoms with E-state index in [9.17, 15) is 13.2 Å². The average Bonchev–Trinajstić information content (AvgIpc) is 2.63. The van der Waals surface area contributed by atoms with Gasteiger partial charge in [-0.2, -0.15) is 4.31 Å². The summed E-state index contributed by atoms with van der Waals surface area (Å²) in [6, 6.07) is 11.3. The molecule has 0 bridgehead atoms. The number of hydrogen-bond acceptors (Lipinski definition) is 3. The average molecular weight is 401 g/mol. The molecular formula is C22H28N2O3S. The van der Waals surface area contributed by atoms with Crippen LogP contribution in [0.4, 0.5) is 5.69 Å². The number of rotatable bonds is 4. The SMILES string of the molecule is Cc1ccc(NC(=O)C2CCN(S(=O)(=O)c3ccc(C)cc3C)CC2)c(C)c1. The molecule has 0 aromatic heterocycles. The third kappa shape index (κ3) is 4.28. The fraction of sp³-hybridized carbons (Fsp3) is 0.409. The smallest absolute Gasteiger partial charge is 0.243 e. The molecule has 3 rings (SSSR count). The zero-order valence-electron chi connectivity index (χ0n) is 17.0. The highest BCUT2D eigenvalue weighted by atomic mass is 32.2. The van der Waals surface area contributed by atoms with Gasteiger partial charge < -0.3 is 5.32 Å². The maximum Gasteiger partial charge on any atom is 0.243 e. The first kappa shape index (κ1) is 20.6. The number of hydrogen-bond donors (Lipinski definition) is 1. The zero-order valence-corrected chi connectivity index (χ0v) is 17.8. The molecule has 1 amide bonds. The van der Waals surface area contributed by atoms with E-state index in [1.165, 1.54) is 4.31 Å². The van der Waals surface area contributed by atoms with E-state index in [4.69, 9.17) is 0 Å². The molecule has 1 aliphatic rings. The van der Waals surface area contributed by atoms with Crippen molar-refractivity contribution >= 4 is 21.6 Å². The number of piperidine rings is 1. The molecule has 2 aromatic rings. The Morgan fingerprint density at radius 1 is 0.929 bits per heavy atom. The highest BCUT2D eigenvalue weighted by molar-refractivity contribution is 7.89. The topological polar surface area (TPSA) is 66.5 Å². The van der Waals surface area contributed by atoms with Crippen LogP contribution in [0.25, 0.3) is 0 Å². The number of aryl methyl sites for hydroxylation is 4. The van der Waals surface area contributed by atoms with E-state index in [1.807, 2.05) is 58.0 Å². The van der Waals surface area contributed by atoms with Gasteiger partial charge in [0.15, 0.2) is 0 Å². The number of amides is 1. The third-order valence-corrected chi connectivity index (χ3v) is 7.47. The first-order valence-corrected chi connectivity index (χ1v) is 11.1. The maximum absolute atomic E-state index is 13.0. The summed E-state index contributed by atoms with van der Waals surface area (Å²) in [5.74, 6) is -0.207. The van der Waals surface area contributed by atoms with Crippen molar-refractivity contribution in [1.29, 1.82) is 0 Å². The van der Waals surface area contributed by atoms with Gasteiger partial charge in [0.05, 0.1) is 4.90 Å². The first-order valence-electron chi connectivity index (χ1n) is 9.64. The van der Waals surface area contributed by atoms with Crippen LogP contribution in [0.2, 0.25) is 0 Å². The van der Waals surface area contributed by atoms with Gasteiger partial charge in [-0.3, -0.25) is 4.79 Å². The molecule has 0 unspecified atom stereocenters. The molecule has 0 aliphatic carbocycles. The summed E-state index contributed by atoms with van der Waals surface area (Å²) in [6.45, 7) is 8.49. The number of carbonyl (C=O) groups excluding carboxylic acids is 1. The van der Waals surface area contributed by atoms with Gasteiger partial charge in [0, 0.05) is 24.7 Å². The minimum Gasteiger partial charge on any atom is -0.326 e. The van der Waals surface area contributed by atoms with Gasteiger partial charge in [-0.05, 0) is 63.8 Å². The Morgan fingerprint density at radius 2 is 1.50 bits per heavy atom. The normalized spacial score (nSPS) is 16.1. The van der Waals surface area contributed by atoms with E-state index in [0.717, 1.165) is 27.9 Å². The lowest BCUT2D eigenvalue weighted by Gasteiger charge is -2.31. The summed E-state index contributed by atoms with van der Waals surface area (Å²) in [7, 11) is -3.53. The Balaban J connectivity index is 1.65. The van der Waals surface area contributed by atoms with Crippen LogP contribution in [-0.2, 0) is 14.8 Å². The van der Waals surface area contributed by atoms with E-state index in [2.05, 4.69) is 5.32 Å². The molecule has 0 radical (unpaired) electrons. The first-order chi connectivity index (χ1) is 13.2. The molecule has 0 saturated carbocycles. The van der Waals surface area contributed by atoms with Gasteiger partial charge in [0.25, 0.3) is 0 Å². The van der Waals surface area contributed by atoms with Crippen LogP contribution in [0.5, 0.6) is 0 Å². The van der Waals surface area contributed by atoms with Gasteiger partial charge in [-0.15, -0.1) is 0 Å². The predicted molar refractivity (Wildman–Crippen MR) is 112 cm³/mol. The van der Waals surface area contributed by atoms with Crippen LogP contribution < -0.4 is 5.32 Å². The second-order valence-corrected chi connectivity index (χ2v) is 9.66. The minimum atomic E-state index is -3.53. The molecular weight excluding hydrogens is 372 g/mol. The van der Waals surface area contributed by atoms with Crippen molar-refractivity contribution in [2.45, 2.75) is 45.4 Å². The molecule has 1 saturated heterocycles. The lowest BCUT2D eigenvalue weighted by atomic mass is 9.97. The molecule has 1 N–H and O–H groups in total. The highest BCUT2D eigenvalue weighted by Crippen LogP contribution is 2.27. The Kier molecular flexibility index (Phi) is 5.91. The maximum atomic E-state index is 13.0. The van der Waals surface area contributed by atoms with Gasteiger partial charge in [-0.25, -0.2) is 8.42 Å². The van der Waals surface area contributed by atoms with Gasteiger partial charge in [0.2, 0.25) is 15.9 Å². The number of sulfonamides is 1. The molecule has 6 heteroatoms. The molecule has 1 fully saturated rings. The van der Waals surface area contributed by atoms with E-state index >= 15 is 0 Å². The number of nitrogens with one attached hydrogen (secondary N) is 1. The monoisotopic (exact) mass is 400 g/mol. The number of nitrogens with zero attached hydrogens (tertiary/aromatic N) is 1. The summed E-state index contributed by atoms with van der Waals surface area (Å²) in [5, 5.41) is 3.00. The number of benzene rings is 2. The molecule has 0 atom stereocenters. The van der Waals surface area contributed by atoms with Crippen molar-refractivity contribution in [2.75, 3.05) is 18.4 Å². The summed E-state index contributed by atoms with van der Waals surface area (Å²) < 4.78 is 27.5. The van der Waals surface area contributed by atoms with Crippen LogP contribution in [-0.4, -0.2) is 31.7 Å². The van der Waals surface area contributed by atoms with E-state index in [-0.39, 0.29) is 11.8 Å². The Labute approximate surface area is 167 Å². The quantitative estimate of drug-likeness (QED) is 0.845.